The summed E-state index contributed by atoms with van der Waals surface area (Å²) >= 11 is 0. The van der Waals surface area contributed by atoms with Gasteiger partial charge in [0.1, 0.15) is 11.2 Å². The van der Waals surface area contributed by atoms with E-state index in [1.807, 2.05) is 54.6 Å². The number of nitrogens with zero attached hydrogens (tertiary/aromatic N) is 1. The van der Waals surface area contributed by atoms with E-state index in [0.29, 0.717) is 5.70 Å². The summed E-state index contributed by atoms with van der Waals surface area (Å²) in [6.07, 6.45) is 2.16. The Labute approximate surface area is 258 Å². The lowest BCUT2D eigenvalue weighted by Gasteiger charge is -2.09. The van der Waals surface area contributed by atoms with Crippen LogP contribution in [0.3, 0.4) is 0 Å². The van der Waals surface area contributed by atoms with Gasteiger partial charge in [0.05, 0.1) is 11.4 Å². The van der Waals surface area contributed by atoms with Crippen LogP contribution in [0.15, 0.2) is 174 Å². The predicted octanol–water partition coefficient (Wildman–Crippen LogP) is 11.5. The van der Waals surface area contributed by atoms with Crippen LogP contribution in [0.2, 0.25) is 0 Å². The number of benzene rings is 6. The molecule has 0 N–H and O–H groups in total. The van der Waals surface area contributed by atoms with Crippen LogP contribution in [0.25, 0.3) is 55.5 Å². The molecule has 0 unspecified atom stereocenters. The number of furan rings is 1. The highest BCUT2D eigenvalue weighted by molar-refractivity contribution is 6.25. The summed E-state index contributed by atoms with van der Waals surface area (Å²) in [5.74, 6) is 0. The average Bonchev–Trinajstić information content (AvgIpc) is 3.48. The Bertz CT molecular complexity index is 2170. The first-order valence-corrected chi connectivity index (χ1v) is 14.8. The van der Waals surface area contributed by atoms with E-state index in [0.717, 1.165) is 61.0 Å². The molecule has 0 amide bonds. The van der Waals surface area contributed by atoms with E-state index in [2.05, 4.69) is 117 Å². The molecule has 0 atom stereocenters. The average molecular weight is 566 g/mol. The quantitative estimate of drug-likeness (QED) is 0.177. The molecular weight excluding hydrogens is 534 g/mol. The van der Waals surface area contributed by atoms with Gasteiger partial charge in [0, 0.05) is 21.9 Å². The molecule has 210 valence electrons. The van der Waals surface area contributed by atoms with Gasteiger partial charge in [0.25, 0.3) is 0 Å². The Balaban J connectivity index is 1.42. The van der Waals surface area contributed by atoms with E-state index < -0.39 is 0 Å². The van der Waals surface area contributed by atoms with Crippen LogP contribution in [0.4, 0.5) is 0 Å². The molecule has 0 aliphatic heterocycles. The standard InChI is InChI=1S/C42H31NO/c1-29(31-15-6-3-7-16-31)27-39(43-30(2)32-17-8-4-9-18-32)37-24-14-26-40-41(37)38-25-13-23-36(42(38)44-40)35-22-12-21-34(28-35)33-19-10-5-11-20-33/h3-28H,2H2,1H3/b29-27+,43-39?. The van der Waals surface area contributed by atoms with Crippen molar-refractivity contribution in [1.29, 1.82) is 0 Å². The van der Waals surface area contributed by atoms with E-state index in [4.69, 9.17) is 9.41 Å². The predicted molar refractivity (Wildman–Crippen MR) is 187 cm³/mol. The largest absolute Gasteiger partial charge is 0.455 e. The minimum absolute atomic E-state index is 0.709. The number of hydrogen-bond acceptors (Lipinski definition) is 2. The summed E-state index contributed by atoms with van der Waals surface area (Å²) in [6, 6.07) is 52.3. The summed E-state index contributed by atoms with van der Waals surface area (Å²) in [4.78, 5) is 5.15. The third-order valence-electron chi connectivity index (χ3n) is 8.02. The summed E-state index contributed by atoms with van der Waals surface area (Å²) in [6.45, 7) is 6.47. The number of fused-ring (bicyclic) bond motifs is 3. The molecule has 7 aromatic rings. The number of para-hydroxylation sites is 1. The van der Waals surface area contributed by atoms with E-state index in [-0.39, 0.29) is 0 Å². The van der Waals surface area contributed by atoms with Gasteiger partial charge in [-0.15, -0.1) is 0 Å². The van der Waals surface area contributed by atoms with Gasteiger partial charge in [-0.25, -0.2) is 4.99 Å². The van der Waals surface area contributed by atoms with Gasteiger partial charge in [-0.3, -0.25) is 0 Å². The zero-order valence-corrected chi connectivity index (χ0v) is 24.6. The summed E-state index contributed by atoms with van der Waals surface area (Å²) < 4.78 is 6.66. The molecule has 0 fully saturated rings. The SMILES string of the molecule is C=C(N=C(/C=C(\C)c1ccccc1)c1cccc2oc3c(-c4cccc(-c5ccccc5)c4)cccc3c12)c1ccccc1. The lowest BCUT2D eigenvalue weighted by Crippen LogP contribution is -2.00. The summed E-state index contributed by atoms with van der Waals surface area (Å²) in [5.41, 5.74) is 12.0. The van der Waals surface area contributed by atoms with E-state index in [1.54, 1.807) is 0 Å². The van der Waals surface area contributed by atoms with E-state index >= 15 is 0 Å². The molecular formula is C42H31NO. The first kappa shape index (κ1) is 27.1. The molecule has 0 aliphatic carbocycles. The summed E-state index contributed by atoms with van der Waals surface area (Å²) in [7, 11) is 0. The van der Waals surface area contributed by atoms with Gasteiger partial charge in [-0.2, -0.15) is 0 Å². The molecule has 0 bridgehead atoms. The van der Waals surface area contributed by atoms with Crippen LogP contribution in [0.1, 0.15) is 23.6 Å². The Kier molecular flexibility index (Phi) is 7.32. The van der Waals surface area contributed by atoms with Crippen molar-refractivity contribution in [2.45, 2.75) is 6.92 Å². The topological polar surface area (TPSA) is 25.5 Å². The highest BCUT2D eigenvalue weighted by Gasteiger charge is 2.18. The van der Waals surface area contributed by atoms with Crippen molar-refractivity contribution >= 4 is 38.9 Å². The Morgan fingerprint density at radius 3 is 1.98 bits per heavy atom. The zero-order chi connectivity index (χ0) is 29.9. The van der Waals surface area contributed by atoms with Gasteiger partial charge in [0.15, 0.2) is 0 Å². The maximum atomic E-state index is 6.66. The van der Waals surface area contributed by atoms with Crippen LogP contribution in [0, 0.1) is 0 Å². The third kappa shape index (κ3) is 5.30. The third-order valence-corrected chi connectivity index (χ3v) is 8.02. The maximum Gasteiger partial charge on any atom is 0.143 e. The van der Waals surface area contributed by atoms with Crippen LogP contribution in [0.5, 0.6) is 0 Å². The fourth-order valence-corrected chi connectivity index (χ4v) is 5.79. The molecule has 0 radical (unpaired) electrons. The second-order valence-electron chi connectivity index (χ2n) is 10.9. The molecule has 1 aromatic heterocycles. The first-order chi connectivity index (χ1) is 21.7. The molecule has 0 spiro atoms. The van der Waals surface area contributed by atoms with Crippen LogP contribution in [-0.4, -0.2) is 5.71 Å². The Morgan fingerprint density at radius 1 is 0.614 bits per heavy atom. The van der Waals surface area contributed by atoms with Gasteiger partial charge in [-0.05, 0) is 58.5 Å². The second-order valence-corrected chi connectivity index (χ2v) is 10.9. The highest BCUT2D eigenvalue weighted by atomic mass is 16.3. The fourth-order valence-electron chi connectivity index (χ4n) is 5.79. The van der Waals surface area contributed by atoms with Crippen molar-refractivity contribution < 1.29 is 4.42 Å². The highest BCUT2D eigenvalue weighted by Crippen LogP contribution is 2.39. The fraction of sp³-hybridized carbons (Fsp3) is 0.0238. The molecule has 2 nitrogen and oxygen atoms in total. The van der Waals surface area contributed by atoms with Crippen LogP contribution >= 0.6 is 0 Å². The lowest BCUT2D eigenvalue weighted by atomic mass is 9.95. The summed E-state index contributed by atoms with van der Waals surface area (Å²) in [5, 5.41) is 2.10. The molecule has 0 saturated heterocycles. The van der Waals surface area contributed by atoms with Crippen molar-refractivity contribution in [2.75, 3.05) is 0 Å². The van der Waals surface area contributed by atoms with Gasteiger partial charge < -0.3 is 4.42 Å². The number of hydrogen-bond donors (Lipinski definition) is 0. The zero-order valence-electron chi connectivity index (χ0n) is 24.6. The van der Waals surface area contributed by atoms with Crippen molar-refractivity contribution in [1.82, 2.24) is 0 Å². The Morgan fingerprint density at radius 2 is 1.23 bits per heavy atom. The van der Waals surface area contributed by atoms with Crippen LogP contribution < -0.4 is 0 Å². The smallest absolute Gasteiger partial charge is 0.143 e. The molecule has 1 heterocycles. The maximum absolute atomic E-state index is 6.66. The normalized spacial score (nSPS) is 12.1. The second kappa shape index (κ2) is 11.9. The lowest BCUT2D eigenvalue weighted by molar-refractivity contribution is 0.670. The number of allylic oxidation sites excluding steroid dienone is 2. The van der Waals surface area contributed by atoms with E-state index in [9.17, 15) is 0 Å². The molecule has 44 heavy (non-hydrogen) atoms. The molecule has 0 saturated carbocycles. The minimum Gasteiger partial charge on any atom is -0.455 e. The minimum atomic E-state index is 0.709. The van der Waals surface area contributed by atoms with Crippen molar-refractivity contribution in [3.8, 4) is 22.3 Å². The number of aliphatic imine (C=N–C) groups is 1. The molecule has 0 aliphatic rings. The van der Waals surface area contributed by atoms with Gasteiger partial charge in [-0.1, -0.05) is 146 Å². The van der Waals surface area contributed by atoms with Gasteiger partial charge >= 0.3 is 0 Å². The van der Waals surface area contributed by atoms with Crippen LogP contribution in [-0.2, 0) is 0 Å². The Hall–Kier alpha value is -5.73. The molecule has 6 aromatic carbocycles. The first-order valence-electron chi connectivity index (χ1n) is 14.8. The molecule has 2 heteroatoms. The van der Waals surface area contributed by atoms with Crippen molar-refractivity contribution in [2.24, 2.45) is 4.99 Å². The van der Waals surface area contributed by atoms with Crippen molar-refractivity contribution in [3.63, 3.8) is 0 Å². The van der Waals surface area contributed by atoms with Gasteiger partial charge in [0.2, 0.25) is 0 Å². The van der Waals surface area contributed by atoms with Crippen molar-refractivity contribution in [3.05, 3.63) is 181 Å². The molecule has 7 rings (SSSR count). The number of rotatable bonds is 7. The van der Waals surface area contributed by atoms with E-state index in [1.165, 1.54) is 11.1 Å². The monoisotopic (exact) mass is 565 g/mol.